The van der Waals surface area contributed by atoms with Crippen LogP contribution >= 0.6 is 11.6 Å². The van der Waals surface area contributed by atoms with Gasteiger partial charge in [-0.2, -0.15) is 0 Å². The van der Waals surface area contributed by atoms with Gasteiger partial charge in [-0.3, -0.25) is 14.5 Å². The molecule has 0 bridgehead atoms. The summed E-state index contributed by atoms with van der Waals surface area (Å²) in [4.78, 5) is 27.0. The second kappa shape index (κ2) is 18.0. The zero-order valence-corrected chi connectivity index (χ0v) is 24.0. The first-order chi connectivity index (χ1) is 19.9. The number of hydrogen-bond donors (Lipinski definition) is 3. The molecule has 3 aromatic carbocycles. The lowest BCUT2D eigenvalue weighted by atomic mass is 10.1. The molecule has 1 amide bonds. The van der Waals surface area contributed by atoms with Gasteiger partial charge in [0.2, 0.25) is 5.91 Å². The summed E-state index contributed by atoms with van der Waals surface area (Å²) in [5, 5.41) is 22.9. The Hall–Kier alpha value is -3.49. The molecule has 8 heteroatoms. The van der Waals surface area contributed by atoms with E-state index in [1.165, 1.54) is 5.56 Å². The Kier molecular flexibility index (Phi) is 14.1. The van der Waals surface area contributed by atoms with Crippen LogP contribution in [0.5, 0.6) is 5.75 Å². The van der Waals surface area contributed by atoms with Crippen molar-refractivity contribution in [1.82, 2.24) is 10.2 Å². The van der Waals surface area contributed by atoms with Crippen molar-refractivity contribution >= 4 is 23.3 Å². The van der Waals surface area contributed by atoms with Gasteiger partial charge < -0.3 is 20.3 Å². The van der Waals surface area contributed by atoms with E-state index in [0.29, 0.717) is 42.5 Å². The van der Waals surface area contributed by atoms with Crippen molar-refractivity contribution < 1.29 is 24.5 Å². The predicted octanol–water partition coefficient (Wildman–Crippen LogP) is 4.73. The Bertz CT molecular complexity index is 1240. The van der Waals surface area contributed by atoms with Crippen LogP contribution in [0, 0.1) is 0 Å². The van der Waals surface area contributed by atoms with Gasteiger partial charge in [-0.25, -0.2) is 0 Å². The molecule has 0 aliphatic heterocycles. The van der Waals surface area contributed by atoms with Crippen LogP contribution < -0.4 is 10.1 Å². The Morgan fingerprint density at radius 1 is 0.927 bits per heavy atom. The fraction of sp³-hybridized carbons (Fsp3) is 0.333. The van der Waals surface area contributed by atoms with Crippen LogP contribution in [0.2, 0.25) is 5.02 Å². The van der Waals surface area contributed by atoms with Crippen molar-refractivity contribution in [2.24, 2.45) is 0 Å². The monoisotopic (exact) mass is 578 g/mol. The van der Waals surface area contributed by atoms with E-state index >= 15 is 0 Å². The molecule has 0 fully saturated rings. The smallest absolute Gasteiger partial charge is 0.222 e. The molecule has 0 saturated carbocycles. The largest absolute Gasteiger partial charge is 0.489 e. The number of hydrogen-bond acceptors (Lipinski definition) is 6. The zero-order valence-electron chi connectivity index (χ0n) is 23.3. The van der Waals surface area contributed by atoms with Crippen LogP contribution in [0.1, 0.15) is 36.0 Å². The highest BCUT2D eigenvalue weighted by molar-refractivity contribution is 6.30. The number of amides is 1. The Balaban J connectivity index is 1.45. The number of carbonyl (C=O) groups is 2. The zero-order chi connectivity index (χ0) is 29.3. The molecule has 0 aromatic heterocycles. The second-order valence-electron chi connectivity index (χ2n) is 9.81. The van der Waals surface area contributed by atoms with E-state index in [1.807, 2.05) is 60.7 Å². The first-order valence-electron chi connectivity index (χ1n) is 13.9. The number of nitrogens with one attached hydrogen (secondary N) is 1. The lowest BCUT2D eigenvalue weighted by molar-refractivity contribution is -0.125. The fourth-order valence-corrected chi connectivity index (χ4v) is 4.41. The topological polar surface area (TPSA) is 99.1 Å². The lowest BCUT2D eigenvalue weighted by Crippen LogP contribution is -2.36. The number of ether oxygens (including phenoxy) is 1. The average molecular weight is 579 g/mol. The maximum Gasteiger partial charge on any atom is 0.222 e. The van der Waals surface area contributed by atoms with E-state index in [9.17, 15) is 19.8 Å². The van der Waals surface area contributed by atoms with Crippen molar-refractivity contribution in [1.29, 1.82) is 0 Å². The number of benzene rings is 3. The number of carbonyl (C=O) groups excluding carboxylic acids is 2. The number of nitrogens with zero attached hydrogens (tertiary/aromatic N) is 1. The molecule has 218 valence electrons. The minimum absolute atomic E-state index is 0.00758. The maximum absolute atomic E-state index is 12.8. The Morgan fingerprint density at radius 3 is 2.29 bits per heavy atom. The van der Waals surface area contributed by atoms with E-state index in [0.717, 1.165) is 12.0 Å². The summed E-state index contributed by atoms with van der Waals surface area (Å²) < 4.78 is 5.76. The van der Waals surface area contributed by atoms with Crippen LogP contribution in [0.3, 0.4) is 0 Å². The third kappa shape index (κ3) is 12.7. The van der Waals surface area contributed by atoms with Crippen molar-refractivity contribution in [3.63, 3.8) is 0 Å². The molecule has 3 rings (SSSR count). The normalized spacial score (nSPS) is 12.0. The molecule has 41 heavy (non-hydrogen) atoms. The van der Waals surface area contributed by atoms with Crippen molar-refractivity contribution in [2.45, 2.75) is 44.9 Å². The predicted molar refractivity (Wildman–Crippen MR) is 162 cm³/mol. The molecule has 1 atom stereocenters. The van der Waals surface area contributed by atoms with Crippen molar-refractivity contribution in [3.05, 3.63) is 113 Å². The van der Waals surface area contributed by atoms with E-state index in [-0.39, 0.29) is 44.1 Å². The molecule has 0 spiro atoms. The number of halogens is 1. The maximum atomic E-state index is 12.8. The molecule has 0 radical (unpaired) electrons. The molecular formula is C33H39ClN2O5. The van der Waals surface area contributed by atoms with E-state index in [2.05, 4.69) is 22.3 Å². The number of ketones is 1. The summed E-state index contributed by atoms with van der Waals surface area (Å²) in [6.45, 7) is 1.61. The summed E-state index contributed by atoms with van der Waals surface area (Å²) in [6.07, 6.45) is 4.74. The van der Waals surface area contributed by atoms with Gasteiger partial charge in [-0.1, -0.05) is 90.5 Å². The Labute approximate surface area is 247 Å². The average Bonchev–Trinajstić information content (AvgIpc) is 2.98. The van der Waals surface area contributed by atoms with Crippen LogP contribution in [-0.2, 0) is 29.0 Å². The molecule has 1 unspecified atom stereocenters. The molecular weight excluding hydrogens is 540 g/mol. The number of aliphatic hydroxyl groups excluding tert-OH is 2. The highest BCUT2D eigenvalue weighted by Crippen LogP contribution is 2.23. The number of Topliss-reactive ketones (excluding diaryl/α,β-unsaturated/α-hetero) is 1. The van der Waals surface area contributed by atoms with Crippen LogP contribution in [0.4, 0.5) is 0 Å². The minimum atomic E-state index is -1.06. The van der Waals surface area contributed by atoms with Gasteiger partial charge in [0.05, 0.1) is 13.2 Å². The van der Waals surface area contributed by atoms with Crippen molar-refractivity contribution in [3.8, 4) is 5.75 Å². The molecule has 7 nitrogen and oxygen atoms in total. The van der Waals surface area contributed by atoms with Gasteiger partial charge in [0.25, 0.3) is 0 Å². The van der Waals surface area contributed by atoms with E-state index in [4.69, 9.17) is 16.3 Å². The van der Waals surface area contributed by atoms with Gasteiger partial charge in [0.15, 0.2) is 0 Å². The van der Waals surface area contributed by atoms with E-state index in [1.54, 1.807) is 18.2 Å². The van der Waals surface area contributed by atoms with Crippen molar-refractivity contribution in [2.75, 3.05) is 26.2 Å². The number of aliphatic hydroxyl groups is 2. The van der Waals surface area contributed by atoms with Gasteiger partial charge in [-0.05, 0) is 42.5 Å². The van der Waals surface area contributed by atoms with Crippen LogP contribution in [0.15, 0.2) is 91.0 Å². The summed E-state index contributed by atoms with van der Waals surface area (Å²) >= 11 is 6.04. The summed E-state index contributed by atoms with van der Waals surface area (Å²) in [7, 11) is 0. The summed E-state index contributed by atoms with van der Waals surface area (Å²) in [6, 6.07) is 24.9. The Morgan fingerprint density at radius 2 is 1.61 bits per heavy atom. The first-order valence-corrected chi connectivity index (χ1v) is 14.3. The van der Waals surface area contributed by atoms with Gasteiger partial charge in [0.1, 0.15) is 24.4 Å². The molecule has 0 heterocycles. The molecule has 3 N–H and O–H groups in total. The van der Waals surface area contributed by atoms with Gasteiger partial charge >= 0.3 is 0 Å². The molecule has 0 aliphatic rings. The minimum Gasteiger partial charge on any atom is -0.489 e. The first kappa shape index (κ1) is 32.0. The standard InChI is InChI=1S/C33H39ClN2O5/c34-29-15-14-28(25-37)31(23-29)41-22-8-7-20-36(21-19-27-11-5-2-6-12-27)24-30(38)16-18-33(40)35-32(39)17-13-26-9-3-1-4-10-26/h1-12,14-15,23,33,37,40H,13,16-22,24-25H2,(H,35,39)/b8-7+. The fourth-order valence-electron chi connectivity index (χ4n) is 4.25. The van der Waals surface area contributed by atoms with Gasteiger partial charge in [-0.15, -0.1) is 0 Å². The third-order valence-corrected chi connectivity index (χ3v) is 6.77. The highest BCUT2D eigenvalue weighted by Gasteiger charge is 2.14. The summed E-state index contributed by atoms with van der Waals surface area (Å²) in [5.41, 5.74) is 2.90. The van der Waals surface area contributed by atoms with Crippen LogP contribution in [0.25, 0.3) is 0 Å². The summed E-state index contributed by atoms with van der Waals surface area (Å²) in [5.74, 6) is 0.285. The number of rotatable bonds is 18. The SMILES string of the molecule is O=C(CCC(O)NC(=O)CCc1ccccc1)CN(C/C=C/COc1cc(Cl)ccc1CO)CCc1ccccc1. The molecule has 0 saturated heterocycles. The van der Waals surface area contributed by atoms with Gasteiger partial charge in [0, 0.05) is 36.5 Å². The molecule has 3 aromatic rings. The molecule has 0 aliphatic carbocycles. The highest BCUT2D eigenvalue weighted by atomic mass is 35.5. The second-order valence-corrected chi connectivity index (χ2v) is 10.2. The van der Waals surface area contributed by atoms with E-state index < -0.39 is 6.23 Å². The number of aryl methyl sites for hydroxylation is 1. The quantitative estimate of drug-likeness (QED) is 0.149. The van der Waals surface area contributed by atoms with Crippen LogP contribution in [-0.4, -0.2) is 59.3 Å². The third-order valence-electron chi connectivity index (χ3n) is 6.53. The lowest BCUT2D eigenvalue weighted by Gasteiger charge is -2.20.